The van der Waals surface area contributed by atoms with Crippen molar-refractivity contribution < 1.29 is 14.6 Å². The highest BCUT2D eigenvalue weighted by atomic mass is 35.5. The van der Waals surface area contributed by atoms with Crippen LogP contribution in [0.4, 0.5) is 0 Å². The van der Waals surface area contributed by atoms with Gasteiger partial charge in [-0.2, -0.15) is 0 Å². The summed E-state index contributed by atoms with van der Waals surface area (Å²) < 4.78 is 8.03. The molecule has 0 radical (unpaired) electrons. The highest BCUT2D eigenvalue weighted by molar-refractivity contribution is 6.30. The van der Waals surface area contributed by atoms with Gasteiger partial charge in [0, 0.05) is 43.2 Å². The third-order valence-electron chi connectivity index (χ3n) is 7.63. The lowest BCUT2D eigenvalue weighted by atomic mass is 9.84. The summed E-state index contributed by atoms with van der Waals surface area (Å²) in [5.74, 6) is -0.237. The zero-order valence-electron chi connectivity index (χ0n) is 22.9. The molecule has 2 atom stereocenters. The van der Waals surface area contributed by atoms with Gasteiger partial charge in [0.15, 0.2) is 0 Å². The molecule has 0 aliphatic carbocycles. The van der Waals surface area contributed by atoms with E-state index in [9.17, 15) is 9.90 Å². The number of hydrogen-bond donors (Lipinski definition) is 2. The van der Waals surface area contributed by atoms with Gasteiger partial charge in [-0.25, -0.2) is 4.68 Å². The predicted molar refractivity (Wildman–Crippen MR) is 154 cm³/mol. The summed E-state index contributed by atoms with van der Waals surface area (Å²) in [5.41, 5.74) is 8.09. The zero-order chi connectivity index (χ0) is 27.0. The largest absolute Gasteiger partial charge is 0.489 e. The number of halogens is 1. The Morgan fingerprint density at radius 3 is 2.72 bits per heavy atom. The van der Waals surface area contributed by atoms with Crippen molar-refractivity contribution in [3.63, 3.8) is 0 Å². The number of carbonyl (C=O) groups is 1. The van der Waals surface area contributed by atoms with E-state index >= 15 is 0 Å². The van der Waals surface area contributed by atoms with Crippen molar-refractivity contribution in [1.29, 1.82) is 0 Å². The number of benzene rings is 3. The number of hydrogen-bond acceptors (Lipinski definition) is 6. The molecule has 4 aromatic rings. The molecule has 4 N–H and O–H groups in total. The maximum atomic E-state index is 12.0. The first-order chi connectivity index (χ1) is 18.2. The lowest BCUT2D eigenvalue weighted by Gasteiger charge is -2.25. The fourth-order valence-electron chi connectivity index (χ4n) is 5.46. The molecule has 1 aliphatic heterocycles. The van der Waals surface area contributed by atoms with Crippen LogP contribution in [0.25, 0.3) is 11.0 Å². The summed E-state index contributed by atoms with van der Waals surface area (Å²) in [7, 11) is 1.86. The zero-order valence-corrected chi connectivity index (χ0v) is 23.7. The Morgan fingerprint density at radius 1 is 1.18 bits per heavy atom. The van der Waals surface area contributed by atoms with Crippen molar-refractivity contribution in [3.8, 4) is 5.75 Å². The molecule has 0 amide bonds. The molecular formula is C30H36ClN5O3. The number of ether oxygens (including phenoxy) is 1. The minimum absolute atomic E-state index is 0. The number of aryl methyl sites for hydroxylation is 3. The van der Waals surface area contributed by atoms with Gasteiger partial charge in [0.25, 0.3) is 0 Å². The maximum Gasteiger partial charge on any atom is 0.304 e. The Labute approximate surface area is 234 Å². The van der Waals surface area contributed by atoms with Gasteiger partial charge < -0.3 is 16.0 Å². The van der Waals surface area contributed by atoms with Crippen LogP contribution in [-0.4, -0.2) is 43.6 Å². The van der Waals surface area contributed by atoms with E-state index in [-0.39, 0.29) is 24.6 Å². The molecule has 2 unspecified atom stereocenters. The summed E-state index contributed by atoms with van der Waals surface area (Å²) in [4.78, 5) is 14.4. The molecule has 2 heterocycles. The number of rotatable bonds is 7. The lowest BCUT2D eigenvalue weighted by Crippen LogP contribution is -2.32. The fourth-order valence-corrected chi connectivity index (χ4v) is 5.65. The Morgan fingerprint density at radius 2 is 1.97 bits per heavy atom. The van der Waals surface area contributed by atoms with Crippen molar-refractivity contribution in [2.24, 2.45) is 7.05 Å². The predicted octanol–water partition coefficient (Wildman–Crippen LogP) is 6.18. The van der Waals surface area contributed by atoms with Gasteiger partial charge in [-0.15, -0.1) is 5.10 Å². The fraction of sp³-hybridized carbons (Fsp3) is 0.367. The normalized spacial score (nSPS) is 16.2. The molecule has 3 aromatic carbocycles. The Balaban J connectivity index is 0.00000353. The standard InChI is InChI=1S/C30H33ClN4O3.H3N/c1-5-24-17-35(16-22-13-23(31)8-11-28(22)38-24)15-21-12-20(7-6-18(21)2)26(14-29(36)37)25-9-10-27-30(19(25)3)32-33-34(27)4;/h6-13,24,26H,5,14-17H2,1-4H3,(H,36,37);1H3. The molecular weight excluding hydrogens is 514 g/mol. The van der Waals surface area contributed by atoms with E-state index in [0.717, 1.165) is 65.1 Å². The molecule has 8 nitrogen and oxygen atoms in total. The van der Waals surface area contributed by atoms with E-state index in [2.05, 4.69) is 47.3 Å². The van der Waals surface area contributed by atoms with Crippen molar-refractivity contribution in [2.45, 2.75) is 58.7 Å². The summed E-state index contributed by atoms with van der Waals surface area (Å²) in [6.07, 6.45) is 0.987. The third kappa shape index (κ3) is 5.93. The van der Waals surface area contributed by atoms with Crippen LogP contribution in [0.2, 0.25) is 5.02 Å². The molecule has 0 fully saturated rings. The van der Waals surface area contributed by atoms with Crippen LogP contribution in [0.3, 0.4) is 0 Å². The molecule has 0 saturated carbocycles. The first-order valence-electron chi connectivity index (χ1n) is 13.0. The smallest absolute Gasteiger partial charge is 0.304 e. The minimum atomic E-state index is -0.834. The van der Waals surface area contributed by atoms with Crippen molar-refractivity contribution in [1.82, 2.24) is 26.0 Å². The number of aliphatic carboxylic acids is 1. The van der Waals surface area contributed by atoms with Crippen LogP contribution < -0.4 is 10.9 Å². The Hall–Kier alpha value is -3.46. The van der Waals surface area contributed by atoms with Gasteiger partial charge in [0.05, 0.1) is 11.9 Å². The van der Waals surface area contributed by atoms with Crippen LogP contribution in [0.1, 0.15) is 59.1 Å². The van der Waals surface area contributed by atoms with Crippen LogP contribution in [0, 0.1) is 13.8 Å². The number of fused-ring (bicyclic) bond motifs is 2. The Kier molecular flexibility index (Phi) is 8.59. The van der Waals surface area contributed by atoms with Gasteiger partial charge >= 0.3 is 5.97 Å². The average Bonchev–Trinajstić information content (AvgIpc) is 3.17. The van der Waals surface area contributed by atoms with Crippen LogP contribution in [0.5, 0.6) is 5.75 Å². The highest BCUT2D eigenvalue weighted by Gasteiger charge is 2.25. The second-order valence-electron chi connectivity index (χ2n) is 10.3. The van der Waals surface area contributed by atoms with Gasteiger partial charge in [-0.05, 0) is 72.4 Å². The van der Waals surface area contributed by atoms with E-state index in [1.807, 2.05) is 44.3 Å². The average molecular weight is 550 g/mol. The molecule has 1 aromatic heterocycles. The summed E-state index contributed by atoms with van der Waals surface area (Å²) in [5, 5.41) is 19.0. The third-order valence-corrected chi connectivity index (χ3v) is 7.87. The monoisotopic (exact) mass is 549 g/mol. The van der Waals surface area contributed by atoms with E-state index in [1.165, 1.54) is 11.1 Å². The van der Waals surface area contributed by atoms with Crippen LogP contribution >= 0.6 is 11.6 Å². The summed E-state index contributed by atoms with van der Waals surface area (Å²) in [6.45, 7) is 8.51. The maximum absolute atomic E-state index is 12.0. The molecule has 0 spiro atoms. The van der Waals surface area contributed by atoms with Gasteiger partial charge in [-0.3, -0.25) is 9.69 Å². The van der Waals surface area contributed by atoms with Gasteiger partial charge in [0.1, 0.15) is 17.4 Å². The van der Waals surface area contributed by atoms with E-state index in [4.69, 9.17) is 16.3 Å². The Bertz CT molecular complexity index is 1500. The molecule has 5 rings (SSSR count). The van der Waals surface area contributed by atoms with Crippen LogP contribution in [0.15, 0.2) is 48.5 Å². The summed E-state index contributed by atoms with van der Waals surface area (Å²) in [6, 6.07) is 16.2. The minimum Gasteiger partial charge on any atom is -0.489 e. The molecule has 0 bridgehead atoms. The topological polar surface area (TPSA) is 115 Å². The first-order valence-corrected chi connectivity index (χ1v) is 13.4. The number of nitrogens with zero attached hydrogens (tertiary/aromatic N) is 4. The second kappa shape index (κ2) is 11.7. The van der Waals surface area contributed by atoms with E-state index in [1.54, 1.807) is 4.68 Å². The van der Waals surface area contributed by atoms with Crippen molar-refractivity contribution in [3.05, 3.63) is 86.9 Å². The molecule has 39 heavy (non-hydrogen) atoms. The first kappa shape index (κ1) is 28.5. The van der Waals surface area contributed by atoms with Crippen molar-refractivity contribution >= 4 is 28.6 Å². The lowest BCUT2D eigenvalue weighted by molar-refractivity contribution is -0.137. The quantitative estimate of drug-likeness (QED) is 0.283. The van der Waals surface area contributed by atoms with Crippen LogP contribution in [-0.2, 0) is 24.9 Å². The number of carboxylic acids is 1. The summed E-state index contributed by atoms with van der Waals surface area (Å²) >= 11 is 6.31. The molecule has 1 aliphatic rings. The van der Waals surface area contributed by atoms with Crippen molar-refractivity contribution in [2.75, 3.05) is 6.54 Å². The number of aromatic nitrogens is 3. The highest BCUT2D eigenvalue weighted by Crippen LogP contribution is 2.35. The number of carboxylic acid groups (broad SMARTS) is 1. The molecule has 9 heteroatoms. The SMILES string of the molecule is CCC1CN(Cc2cc(C(CC(=O)O)c3ccc4c(nnn4C)c3C)ccc2C)Cc2cc(Cl)ccc2O1.N. The molecule has 0 saturated heterocycles. The van der Waals surface area contributed by atoms with Gasteiger partial charge in [-0.1, -0.05) is 48.0 Å². The van der Waals surface area contributed by atoms with E-state index < -0.39 is 5.97 Å². The van der Waals surface area contributed by atoms with E-state index in [0.29, 0.717) is 5.02 Å². The second-order valence-corrected chi connectivity index (χ2v) is 10.7. The van der Waals surface area contributed by atoms with Gasteiger partial charge in [0.2, 0.25) is 0 Å². The molecule has 206 valence electrons.